The molecule has 1 unspecified atom stereocenters. The molecular weight excluding hydrogens is 374 g/mol. The minimum absolute atomic E-state index is 0.0687. The summed E-state index contributed by atoms with van der Waals surface area (Å²) in [6.07, 6.45) is 0. The van der Waals surface area contributed by atoms with Gasteiger partial charge >= 0.3 is 0 Å². The number of anilines is 1. The number of carbonyl (C=O) groups is 2. The predicted octanol–water partition coefficient (Wildman–Crippen LogP) is 3.24. The summed E-state index contributed by atoms with van der Waals surface area (Å²) in [6.45, 7) is 8.98. The molecule has 150 valence electrons. The monoisotopic (exact) mass is 401 g/mol. The molecule has 6 nitrogen and oxygen atoms in total. The number of hydrogen-bond donors (Lipinski definition) is 1. The van der Waals surface area contributed by atoms with E-state index < -0.39 is 0 Å². The summed E-state index contributed by atoms with van der Waals surface area (Å²) in [4.78, 5) is 31.2. The third-order valence-corrected chi connectivity index (χ3v) is 5.91. The minimum Gasteiger partial charge on any atom is -0.492 e. The molecule has 2 aromatic rings. The number of amides is 2. The maximum atomic E-state index is 12.7. The lowest BCUT2D eigenvalue weighted by Crippen LogP contribution is -2.53. The molecule has 1 aliphatic rings. The molecule has 1 aromatic heterocycles. The SMILES string of the molecule is CCOc1ccccc1NC(=O)C(C)N1CCN(C(=O)c2ccc(C)s2)CC1. The van der Waals surface area contributed by atoms with Gasteiger partial charge in [0.15, 0.2) is 0 Å². The molecule has 0 saturated carbocycles. The third-order valence-electron chi connectivity index (χ3n) is 4.92. The van der Waals surface area contributed by atoms with E-state index in [4.69, 9.17) is 4.74 Å². The van der Waals surface area contributed by atoms with Crippen molar-refractivity contribution in [2.45, 2.75) is 26.8 Å². The van der Waals surface area contributed by atoms with Crippen LogP contribution in [0.3, 0.4) is 0 Å². The Morgan fingerprint density at radius 2 is 1.86 bits per heavy atom. The van der Waals surface area contributed by atoms with E-state index in [-0.39, 0.29) is 17.9 Å². The molecule has 0 bridgehead atoms. The van der Waals surface area contributed by atoms with Gasteiger partial charge in [-0.1, -0.05) is 12.1 Å². The molecule has 3 rings (SSSR count). The van der Waals surface area contributed by atoms with Crippen LogP contribution in [0.2, 0.25) is 0 Å². The van der Waals surface area contributed by atoms with Crippen LogP contribution in [0.15, 0.2) is 36.4 Å². The lowest BCUT2D eigenvalue weighted by Gasteiger charge is -2.37. The van der Waals surface area contributed by atoms with Gasteiger partial charge in [0.05, 0.1) is 23.2 Å². The molecule has 0 radical (unpaired) electrons. The van der Waals surface area contributed by atoms with Crippen molar-refractivity contribution >= 4 is 28.8 Å². The number of nitrogens with one attached hydrogen (secondary N) is 1. The van der Waals surface area contributed by atoms with E-state index in [9.17, 15) is 9.59 Å². The number of carbonyl (C=O) groups excluding carboxylic acids is 2. The molecule has 28 heavy (non-hydrogen) atoms. The van der Waals surface area contributed by atoms with Crippen molar-refractivity contribution in [3.05, 3.63) is 46.2 Å². The first-order chi connectivity index (χ1) is 13.5. The number of benzene rings is 1. The number of aryl methyl sites for hydroxylation is 1. The van der Waals surface area contributed by atoms with Gasteiger partial charge in [0.2, 0.25) is 5.91 Å². The molecule has 1 aliphatic heterocycles. The van der Waals surface area contributed by atoms with Crippen LogP contribution < -0.4 is 10.1 Å². The molecule has 1 saturated heterocycles. The van der Waals surface area contributed by atoms with Crippen molar-refractivity contribution in [2.75, 3.05) is 38.1 Å². The maximum Gasteiger partial charge on any atom is 0.264 e. The van der Waals surface area contributed by atoms with E-state index in [1.165, 1.54) is 11.3 Å². The number of rotatable bonds is 6. The summed E-state index contributed by atoms with van der Waals surface area (Å²) < 4.78 is 5.58. The van der Waals surface area contributed by atoms with Crippen molar-refractivity contribution < 1.29 is 14.3 Å². The van der Waals surface area contributed by atoms with Gasteiger partial charge in [-0.25, -0.2) is 0 Å². The number of ether oxygens (including phenoxy) is 1. The van der Waals surface area contributed by atoms with Gasteiger partial charge < -0.3 is 15.0 Å². The number of hydrogen-bond acceptors (Lipinski definition) is 5. The highest BCUT2D eigenvalue weighted by Gasteiger charge is 2.28. The zero-order valence-electron chi connectivity index (χ0n) is 16.6. The Morgan fingerprint density at radius 1 is 1.14 bits per heavy atom. The highest BCUT2D eigenvalue weighted by Crippen LogP contribution is 2.24. The van der Waals surface area contributed by atoms with E-state index >= 15 is 0 Å². The van der Waals surface area contributed by atoms with Crippen LogP contribution in [0.25, 0.3) is 0 Å². The summed E-state index contributed by atoms with van der Waals surface area (Å²) in [5.41, 5.74) is 0.683. The number of piperazine rings is 1. The minimum atomic E-state index is -0.282. The fraction of sp³-hybridized carbons (Fsp3) is 0.429. The molecule has 1 atom stereocenters. The fourth-order valence-corrected chi connectivity index (χ4v) is 4.11. The Balaban J connectivity index is 1.55. The van der Waals surface area contributed by atoms with E-state index in [1.54, 1.807) is 0 Å². The summed E-state index contributed by atoms with van der Waals surface area (Å²) in [6, 6.07) is 11.0. The van der Waals surface area contributed by atoms with Crippen LogP contribution in [-0.4, -0.2) is 60.4 Å². The van der Waals surface area contributed by atoms with Gasteiger partial charge in [-0.2, -0.15) is 0 Å². The zero-order valence-corrected chi connectivity index (χ0v) is 17.4. The van der Waals surface area contributed by atoms with Crippen molar-refractivity contribution in [1.82, 2.24) is 9.80 Å². The van der Waals surface area contributed by atoms with Gasteiger partial charge in [0.25, 0.3) is 5.91 Å². The van der Waals surface area contributed by atoms with Crippen molar-refractivity contribution in [3.63, 3.8) is 0 Å². The van der Waals surface area contributed by atoms with Gasteiger partial charge in [-0.3, -0.25) is 14.5 Å². The molecule has 0 spiro atoms. The van der Waals surface area contributed by atoms with Crippen molar-refractivity contribution in [1.29, 1.82) is 0 Å². The second-order valence-corrected chi connectivity index (χ2v) is 8.12. The molecule has 1 fully saturated rings. The fourth-order valence-electron chi connectivity index (χ4n) is 3.27. The molecule has 1 aromatic carbocycles. The largest absolute Gasteiger partial charge is 0.492 e. The van der Waals surface area contributed by atoms with E-state index in [0.717, 1.165) is 9.75 Å². The highest BCUT2D eigenvalue weighted by molar-refractivity contribution is 7.13. The average molecular weight is 402 g/mol. The topological polar surface area (TPSA) is 61.9 Å². The van der Waals surface area contributed by atoms with Crippen molar-refractivity contribution in [3.8, 4) is 5.75 Å². The van der Waals surface area contributed by atoms with Crippen LogP contribution in [0.1, 0.15) is 28.4 Å². The Morgan fingerprint density at radius 3 is 2.50 bits per heavy atom. The first kappa shape index (κ1) is 20.4. The second kappa shape index (κ2) is 9.21. The normalized spacial score (nSPS) is 15.9. The molecule has 7 heteroatoms. The Labute approximate surface area is 170 Å². The molecule has 2 amide bonds. The molecule has 2 heterocycles. The van der Waals surface area contributed by atoms with Gasteiger partial charge in [0.1, 0.15) is 5.75 Å². The second-order valence-electron chi connectivity index (χ2n) is 6.83. The van der Waals surface area contributed by atoms with Crippen molar-refractivity contribution in [2.24, 2.45) is 0 Å². The summed E-state index contributed by atoms with van der Waals surface area (Å²) in [5.74, 6) is 0.688. The Hall–Kier alpha value is -2.38. The highest BCUT2D eigenvalue weighted by atomic mass is 32.1. The number of nitrogens with zero attached hydrogens (tertiary/aromatic N) is 2. The Bertz CT molecular complexity index is 828. The van der Waals surface area contributed by atoms with Gasteiger partial charge in [0, 0.05) is 31.1 Å². The molecule has 0 aliphatic carbocycles. The first-order valence-electron chi connectivity index (χ1n) is 9.62. The molecular formula is C21H27N3O3S. The lowest BCUT2D eigenvalue weighted by atomic mass is 10.2. The maximum absolute atomic E-state index is 12.7. The zero-order chi connectivity index (χ0) is 20.1. The van der Waals surface area contributed by atoms with Crippen LogP contribution >= 0.6 is 11.3 Å². The quantitative estimate of drug-likeness (QED) is 0.807. The molecule has 1 N–H and O–H groups in total. The standard InChI is InChI=1S/C21H27N3O3S/c1-4-27-18-8-6-5-7-17(18)22-20(25)16(3)23-11-13-24(14-12-23)21(26)19-10-9-15(2)28-19/h5-10,16H,4,11-14H2,1-3H3,(H,22,25). The number of para-hydroxylation sites is 2. The summed E-state index contributed by atoms with van der Waals surface area (Å²) in [5, 5.41) is 2.97. The lowest BCUT2D eigenvalue weighted by molar-refractivity contribution is -0.121. The van der Waals surface area contributed by atoms with E-state index in [0.29, 0.717) is 44.2 Å². The first-order valence-corrected chi connectivity index (χ1v) is 10.4. The smallest absolute Gasteiger partial charge is 0.264 e. The van der Waals surface area contributed by atoms with Gasteiger partial charge in [-0.15, -0.1) is 11.3 Å². The van der Waals surface area contributed by atoms with Crippen LogP contribution in [-0.2, 0) is 4.79 Å². The van der Waals surface area contributed by atoms with E-state index in [2.05, 4.69) is 10.2 Å². The predicted molar refractivity (Wildman–Crippen MR) is 112 cm³/mol. The summed E-state index contributed by atoms with van der Waals surface area (Å²) in [7, 11) is 0. The average Bonchev–Trinajstić information content (AvgIpc) is 3.15. The Kier molecular flexibility index (Phi) is 6.70. The van der Waals surface area contributed by atoms with Crippen LogP contribution in [0, 0.1) is 6.92 Å². The van der Waals surface area contributed by atoms with Gasteiger partial charge in [-0.05, 0) is 45.0 Å². The third kappa shape index (κ3) is 4.72. The number of thiophene rings is 1. The van der Waals surface area contributed by atoms with Crippen LogP contribution in [0.5, 0.6) is 5.75 Å². The van der Waals surface area contributed by atoms with E-state index in [1.807, 2.05) is 62.1 Å². The van der Waals surface area contributed by atoms with Crippen LogP contribution in [0.4, 0.5) is 5.69 Å². The summed E-state index contributed by atoms with van der Waals surface area (Å²) >= 11 is 1.53.